The Morgan fingerprint density at radius 2 is 2.00 bits per heavy atom. The minimum absolute atomic E-state index is 0.0626. The standard InChI is InChI=1S/C18H17FN4O4S/c19-12-3-5-13(6-4-12)21-17(25)18-23-22-16(28-18)11-26-10-15(24)20-8-7-14-2-1-9-27-14/h1-6,9H,7-8,10-11H2,(H,20,24)(H,21,25). The number of furan rings is 1. The summed E-state index contributed by atoms with van der Waals surface area (Å²) in [7, 11) is 0. The highest BCUT2D eigenvalue weighted by Gasteiger charge is 2.13. The van der Waals surface area contributed by atoms with E-state index >= 15 is 0 Å². The fourth-order valence-electron chi connectivity index (χ4n) is 2.18. The Kier molecular flexibility index (Phi) is 6.82. The first kappa shape index (κ1) is 19.6. The summed E-state index contributed by atoms with van der Waals surface area (Å²) in [6.45, 7) is 0.379. The van der Waals surface area contributed by atoms with E-state index in [4.69, 9.17) is 9.15 Å². The molecule has 0 aliphatic rings. The number of benzene rings is 1. The zero-order chi connectivity index (χ0) is 19.8. The van der Waals surface area contributed by atoms with Gasteiger partial charge in [0.1, 0.15) is 29.8 Å². The summed E-state index contributed by atoms with van der Waals surface area (Å²) < 4.78 is 23.3. The van der Waals surface area contributed by atoms with E-state index in [9.17, 15) is 14.0 Å². The third kappa shape index (κ3) is 5.96. The predicted molar refractivity (Wildman–Crippen MR) is 99.3 cm³/mol. The molecule has 2 aromatic heterocycles. The van der Waals surface area contributed by atoms with Crippen LogP contribution in [0.4, 0.5) is 10.1 Å². The molecule has 3 rings (SSSR count). The smallest absolute Gasteiger partial charge is 0.286 e. The van der Waals surface area contributed by atoms with E-state index in [0.29, 0.717) is 23.7 Å². The second-order valence-corrected chi connectivity index (χ2v) is 6.70. The number of hydrogen-bond donors (Lipinski definition) is 2. The Labute approximate surface area is 163 Å². The number of nitrogens with zero attached hydrogens (tertiary/aromatic N) is 2. The van der Waals surface area contributed by atoms with E-state index in [1.165, 1.54) is 24.3 Å². The van der Waals surface area contributed by atoms with Crippen molar-refractivity contribution in [3.05, 3.63) is 64.3 Å². The van der Waals surface area contributed by atoms with Gasteiger partial charge in [-0.3, -0.25) is 9.59 Å². The fourth-order valence-corrected chi connectivity index (χ4v) is 2.86. The van der Waals surface area contributed by atoms with Crippen molar-refractivity contribution in [1.29, 1.82) is 0 Å². The molecule has 28 heavy (non-hydrogen) atoms. The first-order valence-corrected chi connectivity index (χ1v) is 9.18. The van der Waals surface area contributed by atoms with Crippen LogP contribution in [-0.4, -0.2) is 35.2 Å². The van der Waals surface area contributed by atoms with Crippen molar-refractivity contribution in [2.75, 3.05) is 18.5 Å². The number of nitrogens with one attached hydrogen (secondary N) is 2. The molecule has 146 valence electrons. The SMILES string of the molecule is O=C(COCc1nnc(C(=O)Nc2ccc(F)cc2)s1)NCCc1ccco1. The summed E-state index contributed by atoms with van der Waals surface area (Å²) in [5.74, 6) is -0.309. The van der Waals surface area contributed by atoms with Crippen LogP contribution in [-0.2, 0) is 22.6 Å². The number of ether oxygens (including phenoxy) is 1. The van der Waals surface area contributed by atoms with Gasteiger partial charge in [0, 0.05) is 18.7 Å². The Morgan fingerprint density at radius 1 is 1.18 bits per heavy atom. The lowest BCUT2D eigenvalue weighted by molar-refractivity contribution is -0.126. The molecule has 2 amide bonds. The number of carbonyl (C=O) groups excluding carboxylic acids is 2. The maximum atomic E-state index is 12.9. The average Bonchev–Trinajstić information content (AvgIpc) is 3.36. The molecule has 1 aromatic carbocycles. The topological polar surface area (TPSA) is 106 Å². The van der Waals surface area contributed by atoms with Crippen molar-refractivity contribution >= 4 is 28.8 Å². The van der Waals surface area contributed by atoms with Gasteiger partial charge in [0.25, 0.3) is 5.91 Å². The number of hydrogen-bond acceptors (Lipinski definition) is 7. The number of aromatic nitrogens is 2. The highest BCUT2D eigenvalue weighted by atomic mass is 32.1. The zero-order valence-corrected chi connectivity index (χ0v) is 15.5. The molecule has 0 fully saturated rings. The Hall–Kier alpha value is -3.11. The molecule has 0 atom stereocenters. The number of anilines is 1. The second kappa shape index (κ2) is 9.72. The number of rotatable bonds is 9. The molecule has 2 N–H and O–H groups in total. The molecular weight excluding hydrogens is 387 g/mol. The largest absolute Gasteiger partial charge is 0.469 e. The summed E-state index contributed by atoms with van der Waals surface area (Å²) >= 11 is 1.05. The van der Waals surface area contributed by atoms with Crippen molar-refractivity contribution in [3.8, 4) is 0 Å². The summed E-state index contributed by atoms with van der Waals surface area (Å²) in [5, 5.41) is 13.6. The molecule has 0 saturated heterocycles. The molecule has 8 nitrogen and oxygen atoms in total. The van der Waals surface area contributed by atoms with Crippen molar-refractivity contribution in [2.45, 2.75) is 13.0 Å². The fraction of sp³-hybridized carbons (Fsp3) is 0.222. The summed E-state index contributed by atoms with van der Waals surface area (Å²) in [5.41, 5.74) is 0.450. The number of halogens is 1. The van der Waals surface area contributed by atoms with Gasteiger partial charge in [-0.25, -0.2) is 4.39 Å². The van der Waals surface area contributed by atoms with Gasteiger partial charge in [0.2, 0.25) is 10.9 Å². The van der Waals surface area contributed by atoms with Gasteiger partial charge in [-0.05, 0) is 36.4 Å². The van der Waals surface area contributed by atoms with Gasteiger partial charge in [-0.2, -0.15) is 0 Å². The normalized spacial score (nSPS) is 10.6. The van der Waals surface area contributed by atoms with Crippen LogP contribution in [0.25, 0.3) is 0 Å². The van der Waals surface area contributed by atoms with Crippen LogP contribution in [0.2, 0.25) is 0 Å². The Morgan fingerprint density at radius 3 is 2.75 bits per heavy atom. The molecule has 0 spiro atoms. The van der Waals surface area contributed by atoms with Crippen LogP contribution in [0.3, 0.4) is 0 Å². The molecule has 0 radical (unpaired) electrons. The average molecular weight is 404 g/mol. The van der Waals surface area contributed by atoms with Crippen LogP contribution in [0.5, 0.6) is 0 Å². The van der Waals surface area contributed by atoms with Crippen molar-refractivity contribution in [1.82, 2.24) is 15.5 Å². The highest BCUT2D eigenvalue weighted by Crippen LogP contribution is 2.14. The molecule has 0 bridgehead atoms. The van der Waals surface area contributed by atoms with Crippen LogP contribution in [0.15, 0.2) is 47.1 Å². The molecular formula is C18H17FN4O4S. The van der Waals surface area contributed by atoms with Crippen LogP contribution >= 0.6 is 11.3 Å². The highest BCUT2D eigenvalue weighted by molar-refractivity contribution is 7.13. The van der Waals surface area contributed by atoms with Gasteiger partial charge < -0.3 is 19.8 Å². The summed E-state index contributed by atoms with van der Waals surface area (Å²) in [6.07, 6.45) is 2.18. The predicted octanol–water partition coefficient (Wildman–Crippen LogP) is 2.40. The Bertz CT molecular complexity index is 912. The first-order chi connectivity index (χ1) is 13.6. The maximum Gasteiger partial charge on any atom is 0.286 e. The number of amides is 2. The lowest BCUT2D eigenvalue weighted by atomic mass is 10.3. The van der Waals surface area contributed by atoms with Gasteiger partial charge in [-0.1, -0.05) is 11.3 Å². The minimum Gasteiger partial charge on any atom is -0.469 e. The van der Waals surface area contributed by atoms with Gasteiger partial charge in [-0.15, -0.1) is 10.2 Å². The van der Waals surface area contributed by atoms with E-state index in [2.05, 4.69) is 20.8 Å². The van der Waals surface area contributed by atoms with Crippen molar-refractivity contribution in [2.24, 2.45) is 0 Å². The molecule has 10 heteroatoms. The molecule has 0 aliphatic heterocycles. The van der Waals surface area contributed by atoms with E-state index in [0.717, 1.165) is 17.1 Å². The maximum absolute atomic E-state index is 12.9. The van der Waals surface area contributed by atoms with Crippen LogP contribution in [0.1, 0.15) is 20.6 Å². The quantitative estimate of drug-likeness (QED) is 0.567. The van der Waals surface area contributed by atoms with Gasteiger partial charge >= 0.3 is 0 Å². The third-order valence-electron chi connectivity index (χ3n) is 3.50. The third-order valence-corrected chi connectivity index (χ3v) is 4.39. The second-order valence-electron chi connectivity index (χ2n) is 5.63. The van der Waals surface area contributed by atoms with Crippen LogP contribution in [0, 0.1) is 5.82 Å². The summed E-state index contributed by atoms with van der Waals surface area (Å²) in [6, 6.07) is 9.01. The molecule has 3 aromatic rings. The molecule has 2 heterocycles. The van der Waals surface area contributed by atoms with Crippen molar-refractivity contribution < 1.29 is 23.1 Å². The van der Waals surface area contributed by atoms with E-state index in [1.54, 1.807) is 12.3 Å². The first-order valence-electron chi connectivity index (χ1n) is 8.36. The van der Waals surface area contributed by atoms with Gasteiger partial charge in [0.05, 0.1) is 6.26 Å². The molecule has 0 unspecified atom stereocenters. The van der Waals surface area contributed by atoms with E-state index in [1.807, 2.05) is 6.07 Å². The van der Waals surface area contributed by atoms with E-state index in [-0.39, 0.29) is 24.1 Å². The monoisotopic (exact) mass is 404 g/mol. The zero-order valence-electron chi connectivity index (χ0n) is 14.7. The minimum atomic E-state index is -0.453. The van der Waals surface area contributed by atoms with Crippen molar-refractivity contribution in [3.63, 3.8) is 0 Å². The van der Waals surface area contributed by atoms with Crippen LogP contribution < -0.4 is 10.6 Å². The Balaban J connectivity index is 1.37. The van der Waals surface area contributed by atoms with Gasteiger partial charge in [0.15, 0.2) is 0 Å². The number of carbonyl (C=O) groups is 2. The summed E-state index contributed by atoms with van der Waals surface area (Å²) in [4.78, 5) is 23.8. The van der Waals surface area contributed by atoms with E-state index < -0.39 is 11.7 Å². The lowest BCUT2D eigenvalue weighted by Gasteiger charge is -2.04. The molecule has 0 saturated carbocycles. The molecule has 0 aliphatic carbocycles. The lowest BCUT2D eigenvalue weighted by Crippen LogP contribution is -2.29.